The number of carboxylic acids is 1. The first-order valence-electron chi connectivity index (χ1n) is 5.04. The van der Waals surface area contributed by atoms with Crippen molar-refractivity contribution in [1.82, 2.24) is 10.2 Å². The number of hydrogen-bond donors (Lipinski definition) is 2. The standard InChI is InChI=1S/C9H16N2O3/c12-9(13)7-5-10-6-8(7)11-1-3-14-4-2-11/h7-8,10H,1-6H2,(H,12,13). The summed E-state index contributed by atoms with van der Waals surface area (Å²) < 4.78 is 5.25. The van der Waals surface area contributed by atoms with Crippen molar-refractivity contribution in [2.24, 2.45) is 5.92 Å². The fourth-order valence-electron chi connectivity index (χ4n) is 2.21. The maximum atomic E-state index is 11.0. The fraction of sp³-hybridized carbons (Fsp3) is 0.889. The van der Waals surface area contributed by atoms with Crippen LogP contribution in [0.15, 0.2) is 0 Å². The van der Waals surface area contributed by atoms with E-state index in [9.17, 15) is 4.79 Å². The number of ether oxygens (including phenoxy) is 1. The summed E-state index contributed by atoms with van der Waals surface area (Å²) in [4.78, 5) is 13.2. The van der Waals surface area contributed by atoms with Crippen molar-refractivity contribution in [3.63, 3.8) is 0 Å². The van der Waals surface area contributed by atoms with Gasteiger partial charge in [-0.25, -0.2) is 0 Å². The van der Waals surface area contributed by atoms with Crippen LogP contribution in [-0.4, -0.2) is 61.4 Å². The fourth-order valence-corrected chi connectivity index (χ4v) is 2.21. The van der Waals surface area contributed by atoms with Crippen LogP contribution in [0.2, 0.25) is 0 Å². The third-order valence-corrected chi connectivity index (χ3v) is 3.01. The Balaban J connectivity index is 1.97. The van der Waals surface area contributed by atoms with E-state index in [1.807, 2.05) is 0 Å². The molecule has 0 aromatic carbocycles. The largest absolute Gasteiger partial charge is 0.481 e. The van der Waals surface area contributed by atoms with Crippen molar-refractivity contribution in [3.8, 4) is 0 Å². The molecule has 0 bridgehead atoms. The number of rotatable bonds is 2. The molecule has 2 N–H and O–H groups in total. The van der Waals surface area contributed by atoms with E-state index >= 15 is 0 Å². The first-order valence-corrected chi connectivity index (χ1v) is 5.04. The minimum absolute atomic E-state index is 0.149. The number of nitrogens with one attached hydrogen (secondary N) is 1. The SMILES string of the molecule is O=C(O)C1CNCC1N1CCOCC1. The lowest BCUT2D eigenvalue weighted by Gasteiger charge is -2.33. The second kappa shape index (κ2) is 4.25. The third-order valence-electron chi connectivity index (χ3n) is 3.01. The highest BCUT2D eigenvalue weighted by molar-refractivity contribution is 5.71. The minimum atomic E-state index is -0.688. The van der Waals surface area contributed by atoms with Crippen LogP contribution >= 0.6 is 0 Å². The van der Waals surface area contributed by atoms with E-state index in [-0.39, 0.29) is 12.0 Å². The lowest BCUT2D eigenvalue weighted by Crippen LogP contribution is -2.48. The zero-order valence-corrected chi connectivity index (χ0v) is 8.11. The average Bonchev–Trinajstić information content (AvgIpc) is 2.67. The molecule has 2 unspecified atom stereocenters. The van der Waals surface area contributed by atoms with Crippen molar-refractivity contribution in [2.45, 2.75) is 6.04 Å². The lowest BCUT2D eigenvalue weighted by molar-refractivity contribution is -0.143. The van der Waals surface area contributed by atoms with Gasteiger partial charge in [0.1, 0.15) is 0 Å². The molecule has 2 rings (SSSR count). The molecule has 0 saturated carbocycles. The van der Waals surface area contributed by atoms with Crippen LogP contribution in [0, 0.1) is 5.92 Å². The Hall–Kier alpha value is -0.650. The summed E-state index contributed by atoms with van der Waals surface area (Å²) in [5, 5.41) is 12.2. The number of aliphatic carboxylic acids is 1. The van der Waals surface area contributed by atoms with Gasteiger partial charge in [0, 0.05) is 32.2 Å². The second-order valence-electron chi connectivity index (χ2n) is 3.82. The van der Waals surface area contributed by atoms with E-state index in [0.29, 0.717) is 6.54 Å². The summed E-state index contributed by atoms with van der Waals surface area (Å²) in [5.41, 5.74) is 0. The molecule has 0 radical (unpaired) electrons. The molecule has 14 heavy (non-hydrogen) atoms. The summed E-state index contributed by atoms with van der Waals surface area (Å²) in [6, 6.07) is 0.149. The summed E-state index contributed by atoms with van der Waals surface area (Å²) in [7, 11) is 0. The molecule has 80 valence electrons. The number of nitrogens with zero attached hydrogens (tertiary/aromatic N) is 1. The van der Waals surface area contributed by atoms with E-state index in [1.165, 1.54) is 0 Å². The Morgan fingerprint density at radius 2 is 2.07 bits per heavy atom. The molecule has 2 atom stereocenters. The third kappa shape index (κ3) is 1.89. The normalized spacial score (nSPS) is 34.6. The molecular formula is C9H16N2O3. The van der Waals surface area contributed by atoms with Gasteiger partial charge in [0.15, 0.2) is 0 Å². The van der Waals surface area contributed by atoms with Crippen LogP contribution in [0.1, 0.15) is 0 Å². The zero-order valence-electron chi connectivity index (χ0n) is 8.11. The monoisotopic (exact) mass is 200 g/mol. The highest BCUT2D eigenvalue weighted by Gasteiger charge is 2.37. The molecule has 0 spiro atoms. The summed E-state index contributed by atoms with van der Waals surface area (Å²) >= 11 is 0. The van der Waals surface area contributed by atoms with Crippen molar-refractivity contribution in [2.75, 3.05) is 39.4 Å². The molecule has 0 aromatic rings. The van der Waals surface area contributed by atoms with Gasteiger partial charge in [0.05, 0.1) is 19.1 Å². The minimum Gasteiger partial charge on any atom is -0.481 e. The number of carboxylic acid groups (broad SMARTS) is 1. The molecule has 2 aliphatic heterocycles. The second-order valence-corrected chi connectivity index (χ2v) is 3.82. The molecule has 2 aliphatic rings. The van der Waals surface area contributed by atoms with Gasteiger partial charge < -0.3 is 15.2 Å². The Morgan fingerprint density at radius 1 is 1.36 bits per heavy atom. The van der Waals surface area contributed by atoms with Gasteiger partial charge in [-0.3, -0.25) is 9.69 Å². The van der Waals surface area contributed by atoms with Gasteiger partial charge in [0.25, 0.3) is 0 Å². The highest BCUT2D eigenvalue weighted by atomic mass is 16.5. The van der Waals surface area contributed by atoms with E-state index in [4.69, 9.17) is 9.84 Å². The topological polar surface area (TPSA) is 61.8 Å². The summed E-state index contributed by atoms with van der Waals surface area (Å²) in [5.74, 6) is -0.945. The predicted octanol–water partition coefficient (Wildman–Crippen LogP) is -1.01. The molecule has 0 aromatic heterocycles. The van der Waals surface area contributed by atoms with Crippen LogP contribution in [0.5, 0.6) is 0 Å². The summed E-state index contributed by atoms with van der Waals surface area (Å²) in [6.07, 6.45) is 0. The Morgan fingerprint density at radius 3 is 2.71 bits per heavy atom. The average molecular weight is 200 g/mol. The van der Waals surface area contributed by atoms with E-state index in [0.717, 1.165) is 32.8 Å². The van der Waals surface area contributed by atoms with Crippen molar-refractivity contribution >= 4 is 5.97 Å². The van der Waals surface area contributed by atoms with Crippen LogP contribution in [0.25, 0.3) is 0 Å². The molecule has 5 heteroatoms. The first kappa shape index (κ1) is 9.89. The maximum absolute atomic E-state index is 11.0. The molecule has 5 nitrogen and oxygen atoms in total. The molecule has 2 saturated heterocycles. The Kier molecular flexibility index (Phi) is 3.00. The van der Waals surface area contributed by atoms with Gasteiger partial charge in [0.2, 0.25) is 0 Å². The molecule has 0 amide bonds. The van der Waals surface area contributed by atoms with E-state index in [1.54, 1.807) is 0 Å². The van der Waals surface area contributed by atoms with Crippen molar-refractivity contribution in [3.05, 3.63) is 0 Å². The van der Waals surface area contributed by atoms with Crippen LogP contribution < -0.4 is 5.32 Å². The quantitative estimate of drug-likeness (QED) is 0.598. The van der Waals surface area contributed by atoms with Crippen LogP contribution in [0.4, 0.5) is 0 Å². The molecular weight excluding hydrogens is 184 g/mol. The molecule has 2 fully saturated rings. The first-order chi connectivity index (χ1) is 6.79. The van der Waals surface area contributed by atoms with Gasteiger partial charge in [-0.05, 0) is 0 Å². The number of carbonyl (C=O) groups is 1. The predicted molar refractivity (Wildman–Crippen MR) is 50.2 cm³/mol. The smallest absolute Gasteiger partial charge is 0.309 e. The van der Waals surface area contributed by atoms with Gasteiger partial charge in [-0.15, -0.1) is 0 Å². The van der Waals surface area contributed by atoms with Gasteiger partial charge >= 0.3 is 5.97 Å². The van der Waals surface area contributed by atoms with Crippen LogP contribution in [-0.2, 0) is 9.53 Å². The van der Waals surface area contributed by atoms with Crippen molar-refractivity contribution < 1.29 is 14.6 Å². The molecule has 0 aliphatic carbocycles. The van der Waals surface area contributed by atoms with Gasteiger partial charge in [-0.2, -0.15) is 0 Å². The number of hydrogen-bond acceptors (Lipinski definition) is 4. The van der Waals surface area contributed by atoms with E-state index in [2.05, 4.69) is 10.2 Å². The maximum Gasteiger partial charge on any atom is 0.309 e. The molecule has 2 heterocycles. The van der Waals surface area contributed by atoms with E-state index < -0.39 is 5.97 Å². The zero-order chi connectivity index (χ0) is 9.97. The number of morpholine rings is 1. The lowest BCUT2D eigenvalue weighted by atomic mass is 10.0. The van der Waals surface area contributed by atoms with Gasteiger partial charge in [-0.1, -0.05) is 0 Å². The van der Waals surface area contributed by atoms with Crippen molar-refractivity contribution in [1.29, 1.82) is 0 Å². The Labute approximate surface area is 83.0 Å². The Bertz CT molecular complexity index is 216. The van der Waals surface area contributed by atoms with Crippen LogP contribution in [0.3, 0.4) is 0 Å². The summed E-state index contributed by atoms with van der Waals surface area (Å²) in [6.45, 7) is 4.55. The highest BCUT2D eigenvalue weighted by Crippen LogP contribution is 2.17.